The van der Waals surface area contributed by atoms with Gasteiger partial charge in [-0.05, 0) is 6.92 Å². The monoisotopic (exact) mass is 244 g/mol. The standard InChI is InChI=1S/C9H12N2O4S/c1-6-4-11(5-7(12)13)9(16-6)10-3-8(14)15-2/h4H,3,5H2,1-2H3,(H,12,13). The lowest BCUT2D eigenvalue weighted by atomic mass is 10.6. The van der Waals surface area contributed by atoms with Gasteiger partial charge in [0.05, 0.1) is 7.11 Å². The third-order valence-electron chi connectivity index (χ3n) is 1.71. The number of esters is 1. The van der Waals surface area contributed by atoms with Gasteiger partial charge in [0, 0.05) is 11.1 Å². The second-order valence-electron chi connectivity index (χ2n) is 3.04. The number of hydrogen-bond donors (Lipinski definition) is 1. The number of aryl methyl sites for hydroxylation is 1. The fraction of sp³-hybridized carbons (Fsp3) is 0.444. The number of methoxy groups -OCH3 is 1. The molecule has 1 heterocycles. The SMILES string of the molecule is COC(=O)CN=c1sc(C)cn1CC(=O)O. The molecule has 0 aliphatic carbocycles. The summed E-state index contributed by atoms with van der Waals surface area (Å²) < 4.78 is 5.94. The van der Waals surface area contributed by atoms with E-state index in [9.17, 15) is 9.59 Å². The second kappa shape index (κ2) is 5.45. The molecule has 0 fully saturated rings. The maximum absolute atomic E-state index is 10.9. The number of aliphatic carboxylic acids is 1. The number of carboxylic acids is 1. The van der Waals surface area contributed by atoms with E-state index >= 15 is 0 Å². The van der Waals surface area contributed by atoms with Crippen LogP contribution in [0.3, 0.4) is 0 Å². The Balaban J connectivity index is 2.93. The first kappa shape index (κ1) is 12.4. The molecule has 0 radical (unpaired) electrons. The smallest absolute Gasteiger partial charge is 0.327 e. The Morgan fingerprint density at radius 2 is 2.31 bits per heavy atom. The van der Waals surface area contributed by atoms with Crippen molar-refractivity contribution < 1.29 is 19.4 Å². The number of carboxylic acid groups (broad SMARTS) is 1. The minimum absolute atomic E-state index is 0.101. The van der Waals surface area contributed by atoms with Crippen molar-refractivity contribution in [1.82, 2.24) is 4.57 Å². The molecular weight excluding hydrogens is 232 g/mol. The zero-order chi connectivity index (χ0) is 12.1. The first-order valence-electron chi connectivity index (χ1n) is 4.49. The van der Waals surface area contributed by atoms with Crippen LogP contribution in [0.4, 0.5) is 0 Å². The Morgan fingerprint density at radius 3 is 2.88 bits per heavy atom. The van der Waals surface area contributed by atoms with Crippen LogP contribution in [-0.4, -0.2) is 35.3 Å². The molecule has 1 N–H and O–H groups in total. The Kier molecular flexibility index (Phi) is 4.24. The van der Waals surface area contributed by atoms with Gasteiger partial charge in [0.2, 0.25) is 0 Å². The van der Waals surface area contributed by atoms with Crippen molar-refractivity contribution in [1.29, 1.82) is 0 Å². The van der Waals surface area contributed by atoms with Crippen LogP contribution in [0.1, 0.15) is 4.88 Å². The number of ether oxygens (including phenoxy) is 1. The molecule has 1 aromatic rings. The summed E-state index contributed by atoms with van der Waals surface area (Å²) in [6.45, 7) is 1.58. The van der Waals surface area contributed by atoms with Gasteiger partial charge in [0.15, 0.2) is 4.80 Å². The van der Waals surface area contributed by atoms with Crippen LogP contribution < -0.4 is 4.80 Å². The number of nitrogens with zero attached hydrogens (tertiary/aromatic N) is 2. The molecule has 0 aliphatic heterocycles. The first-order valence-corrected chi connectivity index (χ1v) is 5.30. The summed E-state index contributed by atoms with van der Waals surface area (Å²) in [6, 6.07) is 0. The van der Waals surface area contributed by atoms with Gasteiger partial charge in [0.1, 0.15) is 13.1 Å². The number of carbonyl (C=O) groups is 2. The van der Waals surface area contributed by atoms with Crippen molar-refractivity contribution in [2.75, 3.05) is 13.7 Å². The first-order chi connectivity index (χ1) is 7.52. The van der Waals surface area contributed by atoms with E-state index in [1.807, 2.05) is 6.92 Å². The molecule has 0 aromatic carbocycles. The maximum atomic E-state index is 10.9. The summed E-state index contributed by atoms with van der Waals surface area (Å²) in [4.78, 5) is 26.9. The van der Waals surface area contributed by atoms with Crippen LogP contribution in [0.15, 0.2) is 11.2 Å². The third-order valence-corrected chi connectivity index (χ3v) is 2.69. The van der Waals surface area contributed by atoms with Crippen molar-refractivity contribution in [3.05, 3.63) is 15.9 Å². The van der Waals surface area contributed by atoms with Crippen LogP contribution in [0, 0.1) is 6.92 Å². The predicted octanol–water partition coefficient (Wildman–Crippen LogP) is 0.0163. The van der Waals surface area contributed by atoms with E-state index in [4.69, 9.17) is 5.11 Å². The molecular formula is C9H12N2O4S. The number of aromatic nitrogens is 1. The molecule has 0 aliphatic rings. The van der Waals surface area contributed by atoms with Gasteiger partial charge in [-0.25, -0.2) is 4.99 Å². The number of rotatable bonds is 4. The molecule has 0 atom stereocenters. The van der Waals surface area contributed by atoms with Crippen LogP contribution in [0.5, 0.6) is 0 Å². The average molecular weight is 244 g/mol. The highest BCUT2D eigenvalue weighted by Crippen LogP contribution is 2.00. The van der Waals surface area contributed by atoms with Crippen molar-refractivity contribution in [3.63, 3.8) is 0 Å². The topological polar surface area (TPSA) is 80.9 Å². The fourth-order valence-electron chi connectivity index (χ4n) is 1.08. The lowest BCUT2D eigenvalue weighted by molar-refractivity contribution is -0.139. The zero-order valence-electron chi connectivity index (χ0n) is 8.97. The van der Waals surface area contributed by atoms with E-state index in [2.05, 4.69) is 9.73 Å². The summed E-state index contributed by atoms with van der Waals surface area (Å²) in [5, 5.41) is 8.67. The quantitative estimate of drug-likeness (QED) is 0.757. The van der Waals surface area contributed by atoms with Crippen LogP contribution in [-0.2, 0) is 20.9 Å². The second-order valence-corrected chi connectivity index (χ2v) is 4.25. The van der Waals surface area contributed by atoms with Gasteiger partial charge in [-0.2, -0.15) is 0 Å². The van der Waals surface area contributed by atoms with Crippen molar-refractivity contribution >= 4 is 23.3 Å². The minimum atomic E-state index is -0.947. The molecule has 0 unspecified atom stereocenters. The summed E-state index contributed by atoms with van der Waals surface area (Å²) in [5.41, 5.74) is 0. The van der Waals surface area contributed by atoms with E-state index in [0.717, 1.165) is 4.88 Å². The lowest BCUT2D eigenvalue weighted by Crippen LogP contribution is -2.20. The fourth-order valence-corrected chi connectivity index (χ4v) is 1.91. The molecule has 0 bridgehead atoms. The maximum Gasteiger partial charge on any atom is 0.327 e. The highest BCUT2D eigenvalue weighted by molar-refractivity contribution is 7.09. The molecule has 6 nitrogen and oxygen atoms in total. The molecule has 0 amide bonds. The molecule has 1 rings (SSSR count). The van der Waals surface area contributed by atoms with Gasteiger partial charge >= 0.3 is 11.9 Å². The summed E-state index contributed by atoms with van der Waals surface area (Å²) >= 11 is 1.33. The molecule has 16 heavy (non-hydrogen) atoms. The van der Waals surface area contributed by atoms with E-state index < -0.39 is 11.9 Å². The Labute approximate surface area is 95.8 Å². The van der Waals surface area contributed by atoms with Crippen LogP contribution in [0.25, 0.3) is 0 Å². The van der Waals surface area contributed by atoms with Crippen molar-refractivity contribution in [3.8, 4) is 0 Å². The molecule has 0 saturated heterocycles. The third kappa shape index (κ3) is 3.50. The van der Waals surface area contributed by atoms with Crippen molar-refractivity contribution in [2.24, 2.45) is 4.99 Å². The van der Waals surface area contributed by atoms with Crippen LogP contribution >= 0.6 is 11.3 Å². The van der Waals surface area contributed by atoms with Gasteiger partial charge in [-0.1, -0.05) is 0 Å². The van der Waals surface area contributed by atoms with Gasteiger partial charge in [0.25, 0.3) is 0 Å². The largest absolute Gasteiger partial charge is 0.480 e. The Bertz CT molecular complexity index is 460. The number of carbonyl (C=O) groups excluding carboxylic acids is 1. The molecule has 0 spiro atoms. The Hall–Kier alpha value is -1.63. The molecule has 1 aromatic heterocycles. The van der Waals surface area contributed by atoms with E-state index in [1.54, 1.807) is 6.20 Å². The zero-order valence-corrected chi connectivity index (χ0v) is 9.78. The summed E-state index contributed by atoms with van der Waals surface area (Å²) in [5.74, 6) is -1.40. The van der Waals surface area contributed by atoms with E-state index in [1.165, 1.54) is 23.0 Å². The average Bonchev–Trinajstić information content (AvgIpc) is 2.54. The minimum Gasteiger partial charge on any atom is -0.480 e. The predicted molar refractivity (Wildman–Crippen MR) is 57.1 cm³/mol. The molecule has 7 heteroatoms. The molecule has 0 saturated carbocycles. The molecule has 88 valence electrons. The van der Waals surface area contributed by atoms with Gasteiger partial charge < -0.3 is 14.4 Å². The summed E-state index contributed by atoms with van der Waals surface area (Å²) in [6.07, 6.45) is 1.69. The van der Waals surface area contributed by atoms with Gasteiger partial charge in [-0.15, -0.1) is 11.3 Å². The summed E-state index contributed by atoms with van der Waals surface area (Å²) in [7, 11) is 1.28. The van der Waals surface area contributed by atoms with E-state index in [0.29, 0.717) is 4.80 Å². The highest BCUT2D eigenvalue weighted by Gasteiger charge is 2.04. The number of hydrogen-bond acceptors (Lipinski definition) is 5. The normalized spacial score (nSPS) is 11.5. The lowest BCUT2D eigenvalue weighted by Gasteiger charge is -1.97. The van der Waals surface area contributed by atoms with E-state index in [-0.39, 0.29) is 13.1 Å². The van der Waals surface area contributed by atoms with Crippen LogP contribution in [0.2, 0.25) is 0 Å². The number of thiazole rings is 1. The highest BCUT2D eigenvalue weighted by atomic mass is 32.1. The van der Waals surface area contributed by atoms with Crippen molar-refractivity contribution in [2.45, 2.75) is 13.5 Å². The Morgan fingerprint density at radius 1 is 1.62 bits per heavy atom. The van der Waals surface area contributed by atoms with Gasteiger partial charge in [-0.3, -0.25) is 9.59 Å².